The van der Waals surface area contributed by atoms with E-state index >= 15 is 0 Å². The second kappa shape index (κ2) is 6.47. The number of morpholine rings is 1. The van der Waals surface area contributed by atoms with Gasteiger partial charge in [0.15, 0.2) is 0 Å². The van der Waals surface area contributed by atoms with Gasteiger partial charge in [0.05, 0.1) is 12.7 Å². The molecule has 0 radical (unpaired) electrons. The maximum Gasteiger partial charge on any atom is 0.0856 e. The number of ether oxygens (including phenoxy) is 1. The van der Waals surface area contributed by atoms with Crippen molar-refractivity contribution >= 4 is 0 Å². The maximum absolute atomic E-state index is 6.44. The fourth-order valence-corrected chi connectivity index (χ4v) is 3.58. The largest absolute Gasteiger partial charge is 0.374 e. The lowest BCUT2D eigenvalue weighted by Crippen LogP contribution is -2.53. The maximum atomic E-state index is 6.44. The van der Waals surface area contributed by atoms with Gasteiger partial charge >= 0.3 is 0 Å². The van der Waals surface area contributed by atoms with Crippen LogP contribution < -0.4 is 5.73 Å². The number of benzene rings is 1. The summed E-state index contributed by atoms with van der Waals surface area (Å²) in [5.41, 5.74) is 10.9. The van der Waals surface area contributed by atoms with Crippen LogP contribution in [0.1, 0.15) is 37.0 Å². The van der Waals surface area contributed by atoms with Crippen LogP contribution in [0.4, 0.5) is 0 Å². The van der Waals surface area contributed by atoms with Crippen molar-refractivity contribution < 1.29 is 4.74 Å². The predicted molar refractivity (Wildman–Crippen MR) is 86.6 cm³/mol. The highest BCUT2D eigenvalue weighted by Crippen LogP contribution is 2.24. The molecule has 2 aliphatic rings. The monoisotopic (exact) mass is 288 g/mol. The molecule has 1 aliphatic carbocycles. The fraction of sp³-hybridized carbons (Fsp3) is 0.667. The zero-order chi connectivity index (χ0) is 14.8. The van der Waals surface area contributed by atoms with Gasteiger partial charge < -0.3 is 10.5 Å². The molecule has 0 bridgehead atoms. The van der Waals surface area contributed by atoms with Gasteiger partial charge in [0.1, 0.15) is 0 Å². The Morgan fingerprint density at radius 2 is 2.10 bits per heavy atom. The first-order valence-electron chi connectivity index (χ1n) is 8.35. The van der Waals surface area contributed by atoms with Crippen molar-refractivity contribution in [3.63, 3.8) is 0 Å². The summed E-state index contributed by atoms with van der Waals surface area (Å²) in [6, 6.07) is 7.58. The highest BCUT2D eigenvalue weighted by Gasteiger charge is 2.27. The number of fused-ring (bicyclic) bond motifs is 1. The minimum absolute atomic E-state index is 0.0889. The summed E-state index contributed by atoms with van der Waals surface area (Å²) < 4.78 is 5.92. The first-order chi connectivity index (χ1) is 10.1. The molecule has 1 fully saturated rings. The number of nitrogens with zero attached hydrogens (tertiary/aromatic N) is 1. The van der Waals surface area contributed by atoms with Crippen molar-refractivity contribution in [1.29, 1.82) is 0 Å². The third-order valence-corrected chi connectivity index (χ3v) is 4.97. The zero-order valence-electron chi connectivity index (χ0n) is 13.3. The summed E-state index contributed by atoms with van der Waals surface area (Å²) >= 11 is 0. The molecule has 2 atom stereocenters. The molecule has 1 aromatic rings. The summed E-state index contributed by atoms with van der Waals surface area (Å²) in [5.74, 6) is 0. The molecule has 116 valence electrons. The van der Waals surface area contributed by atoms with Gasteiger partial charge in [-0.25, -0.2) is 0 Å². The first-order valence-corrected chi connectivity index (χ1v) is 8.35. The van der Waals surface area contributed by atoms with E-state index < -0.39 is 0 Å². The minimum Gasteiger partial charge on any atom is -0.374 e. The second-order valence-corrected chi connectivity index (χ2v) is 6.82. The Balaban J connectivity index is 1.61. The Hall–Kier alpha value is -0.900. The van der Waals surface area contributed by atoms with Crippen molar-refractivity contribution in [2.45, 2.75) is 57.7 Å². The van der Waals surface area contributed by atoms with Gasteiger partial charge in [-0.15, -0.1) is 0 Å². The van der Waals surface area contributed by atoms with Crippen molar-refractivity contribution in [2.75, 3.05) is 19.7 Å². The van der Waals surface area contributed by atoms with Crippen LogP contribution in [-0.4, -0.2) is 42.8 Å². The summed E-state index contributed by atoms with van der Waals surface area (Å²) in [6.07, 6.45) is 4.87. The van der Waals surface area contributed by atoms with Gasteiger partial charge in [-0.3, -0.25) is 4.90 Å². The molecule has 3 rings (SSSR count). The topological polar surface area (TPSA) is 38.5 Å². The molecule has 3 heteroatoms. The summed E-state index contributed by atoms with van der Waals surface area (Å²) in [5, 5.41) is 0. The lowest BCUT2D eigenvalue weighted by Gasteiger charge is -2.38. The molecule has 0 aromatic heterocycles. The molecule has 1 aliphatic heterocycles. The van der Waals surface area contributed by atoms with E-state index in [1.807, 2.05) is 0 Å². The fourth-order valence-electron chi connectivity index (χ4n) is 3.58. The molecule has 0 spiro atoms. The molecule has 2 unspecified atom stereocenters. The summed E-state index contributed by atoms with van der Waals surface area (Å²) in [6.45, 7) is 7.28. The van der Waals surface area contributed by atoms with Crippen molar-refractivity contribution in [1.82, 2.24) is 4.90 Å². The number of hydrogen-bond donors (Lipinski definition) is 1. The van der Waals surface area contributed by atoms with Gasteiger partial charge in [-0.1, -0.05) is 18.2 Å². The molecule has 1 heterocycles. The average Bonchev–Trinajstić information content (AvgIpc) is 2.95. The van der Waals surface area contributed by atoms with Gasteiger partial charge in [-0.2, -0.15) is 0 Å². The lowest BCUT2D eigenvalue weighted by atomic mass is 9.97. The standard InChI is InChI=1S/C18H28N2O/c1-13(2)20-8-9-21-18(12-20)17(19)11-14-6-7-15-4-3-5-16(15)10-14/h6-7,10,13,17-18H,3-5,8-9,11-12,19H2,1-2H3. The number of nitrogens with two attached hydrogens (primary N) is 1. The summed E-state index contributed by atoms with van der Waals surface area (Å²) in [7, 11) is 0. The first kappa shape index (κ1) is 15.0. The van der Waals surface area contributed by atoms with E-state index in [1.54, 1.807) is 0 Å². The van der Waals surface area contributed by atoms with Crippen LogP contribution in [-0.2, 0) is 24.0 Å². The van der Waals surface area contributed by atoms with E-state index in [0.717, 1.165) is 26.1 Å². The predicted octanol–water partition coefficient (Wildman–Crippen LogP) is 2.15. The van der Waals surface area contributed by atoms with E-state index in [2.05, 4.69) is 36.9 Å². The van der Waals surface area contributed by atoms with Crippen LogP contribution in [0.15, 0.2) is 18.2 Å². The molecule has 1 saturated heterocycles. The van der Waals surface area contributed by atoms with E-state index in [9.17, 15) is 0 Å². The van der Waals surface area contributed by atoms with Crippen LogP contribution >= 0.6 is 0 Å². The Kier molecular flexibility index (Phi) is 4.63. The van der Waals surface area contributed by atoms with Crippen molar-refractivity contribution in [3.8, 4) is 0 Å². The van der Waals surface area contributed by atoms with E-state index in [4.69, 9.17) is 10.5 Å². The van der Waals surface area contributed by atoms with Crippen LogP contribution in [0.3, 0.4) is 0 Å². The van der Waals surface area contributed by atoms with Crippen molar-refractivity contribution in [2.24, 2.45) is 5.73 Å². The van der Waals surface area contributed by atoms with Crippen LogP contribution in [0, 0.1) is 0 Å². The van der Waals surface area contributed by atoms with E-state index in [0.29, 0.717) is 6.04 Å². The highest BCUT2D eigenvalue weighted by atomic mass is 16.5. The number of aryl methyl sites for hydroxylation is 2. The average molecular weight is 288 g/mol. The van der Waals surface area contributed by atoms with Gasteiger partial charge in [-0.05, 0) is 56.2 Å². The second-order valence-electron chi connectivity index (χ2n) is 6.82. The van der Waals surface area contributed by atoms with Crippen LogP contribution in [0.2, 0.25) is 0 Å². The number of hydrogen-bond acceptors (Lipinski definition) is 3. The highest BCUT2D eigenvalue weighted by molar-refractivity contribution is 5.35. The molecule has 21 heavy (non-hydrogen) atoms. The van der Waals surface area contributed by atoms with Gasteiger partial charge in [0, 0.05) is 25.2 Å². The Morgan fingerprint density at radius 1 is 1.29 bits per heavy atom. The lowest BCUT2D eigenvalue weighted by molar-refractivity contribution is -0.0495. The van der Waals surface area contributed by atoms with Gasteiger partial charge in [0.2, 0.25) is 0 Å². The molecule has 1 aromatic carbocycles. The molecule has 0 saturated carbocycles. The quantitative estimate of drug-likeness (QED) is 0.922. The molecular formula is C18H28N2O. The number of rotatable bonds is 4. The molecule has 3 nitrogen and oxygen atoms in total. The normalized spacial score (nSPS) is 24.3. The zero-order valence-corrected chi connectivity index (χ0v) is 13.3. The SMILES string of the molecule is CC(C)N1CCOC(C(N)Cc2ccc3c(c2)CCC3)C1. The molecule has 2 N–H and O–H groups in total. The minimum atomic E-state index is 0.0889. The van der Waals surface area contributed by atoms with Crippen LogP contribution in [0.25, 0.3) is 0 Å². The van der Waals surface area contributed by atoms with Crippen molar-refractivity contribution in [3.05, 3.63) is 34.9 Å². The third-order valence-electron chi connectivity index (χ3n) is 4.97. The molecular weight excluding hydrogens is 260 g/mol. The Labute approximate surface area is 128 Å². The van der Waals surface area contributed by atoms with E-state index in [1.165, 1.54) is 36.0 Å². The Bertz CT molecular complexity index is 486. The smallest absolute Gasteiger partial charge is 0.0856 e. The Morgan fingerprint density at radius 3 is 2.90 bits per heavy atom. The summed E-state index contributed by atoms with van der Waals surface area (Å²) in [4.78, 5) is 2.47. The third kappa shape index (κ3) is 3.47. The van der Waals surface area contributed by atoms with E-state index in [-0.39, 0.29) is 12.1 Å². The molecule has 0 amide bonds. The van der Waals surface area contributed by atoms with Crippen LogP contribution in [0.5, 0.6) is 0 Å². The van der Waals surface area contributed by atoms with Gasteiger partial charge in [0.25, 0.3) is 0 Å².